The second-order valence-electron chi connectivity index (χ2n) is 6.32. The molecule has 1 aromatic carbocycles. The first kappa shape index (κ1) is 20.9. The van der Waals surface area contributed by atoms with E-state index in [2.05, 4.69) is 15.8 Å². The van der Waals surface area contributed by atoms with Gasteiger partial charge in [-0.3, -0.25) is 25.4 Å². The molecule has 1 saturated heterocycles. The van der Waals surface area contributed by atoms with E-state index in [-0.39, 0.29) is 29.2 Å². The van der Waals surface area contributed by atoms with E-state index in [1.165, 1.54) is 28.7 Å². The van der Waals surface area contributed by atoms with Gasteiger partial charge in [0.2, 0.25) is 10.0 Å². The minimum Gasteiger partial charge on any atom is -0.379 e. The fourth-order valence-corrected chi connectivity index (χ4v) is 4.63. The van der Waals surface area contributed by atoms with Crippen molar-refractivity contribution in [1.82, 2.24) is 20.1 Å². The molecule has 154 valence electrons. The van der Waals surface area contributed by atoms with E-state index in [9.17, 15) is 18.0 Å². The third kappa shape index (κ3) is 4.78. The Kier molecular flexibility index (Phi) is 6.57. The van der Waals surface area contributed by atoms with Crippen molar-refractivity contribution >= 4 is 21.8 Å². The molecule has 0 saturated carbocycles. The second-order valence-corrected chi connectivity index (χ2v) is 8.22. The van der Waals surface area contributed by atoms with Crippen LogP contribution < -0.4 is 10.9 Å². The Balaban J connectivity index is 1.79. The number of carbonyl (C=O) groups excluding carboxylic acids is 2. The summed E-state index contributed by atoms with van der Waals surface area (Å²) in [7, 11) is -3.76. The van der Waals surface area contributed by atoms with Crippen molar-refractivity contribution in [2.24, 2.45) is 0 Å². The first-order chi connectivity index (χ1) is 13.9. The molecule has 0 unspecified atom stereocenters. The number of nitrogens with one attached hydrogen (secondary N) is 2. The van der Waals surface area contributed by atoms with Crippen LogP contribution in [0.25, 0.3) is 0 Å². The topological polar surface area (TPSA) is 118 Å². The van der Waals surface area contributed by atoms with Gasteiger partial charge in [-0.1, -0.05) is 19.1 Å². The molecule has 1 aromatic heterocycles. The lowest BCUT2D eigenvalue weighted by Crippen LogP contribution is -2.42. The average molecular weight is 418 g/mol. The number of pyridine rings is 1. The minimum absolute atomic E-state index is 0.0885. The number of hydrogen-bond acceptors (Lipinski definition) is 6. The van der Waals surface area contributed by atoms with E-state index in [0.717, 1.165) is 0 Å². The van der Waals surface area contributed by atoms with Crippen LogP contribution in [0.4, 0.5) is 0 Å². The van der Waals surface area contributed by atoms with Crippen LogP contribution in [0.1, 0.15) is 33.3 Å². The summed E-state index contributed by atoms with van der Waals surface area (Å²) in [5, 5.41) is 0. The Hall–Kier alpha value is -2.82. The fraction of sp³-hybridized carbons (Fsp3) is 0.316. The summed E-state index contributed by atoms with van der Waals surface area (Å²) in [5.74, 6) is -1.21. The largest absolute Gasteiger partial charge is 0.379 e. The number of hydrogen-bond donors (Lipinski definition) is 2. The number of rotatable bonds is 5. The van der Waals surface area contributed by atoms with Crippen molar-refractivity contribution in [1.29, 1.82) is 0 Å². The van der Waals surface area contributed by atoms with Crippen LogP contribution in [-0.4, -0.2) is 55.8 Å². The van der Waals surface area contributed by atoms with E-state index >= 15 is 0 Å². The maximum Gasteiger partial charge on any atom is 0.288 e. The second kappa shape index (κ2) is 9.12. The number of nitrogens with zero attached hydrogens (tertiary/aromatic N) is 2. The summed E-state index contributed by atoms with van der Waals surface area (Å²) in [6, 6.07) is 9.30. The Bertz CT molecular complexity index is 989. The number of carbonyl (C=O) groups is 2. The Morgan fingerprint density at radius 1 is 1.10 bits per heavy atom. The monoisotopic (exact) mass is 418 g/mol. The zero-order valence-electron chi connectivity index (χ0n) is 15.9. The van der Waals surface area contributed by atoms with Gasteiger partial charge in [-0.05, 0) is 36.2 Å². The molecular weight excluding hydrogens is 396 g/mol. The molecule has 1 aliphatic rings. The highest BCUT2D eigenvalue weighted by Crippen LogP contribution is 2.23. The van der Waals surface area contributed by atoms with Crippen molar-refractivity contribution in [3.8, 4) is 0 Å². The smallest absolute Gasteiger partial charge is 0.288 e. The lowest BCUT2D eigenvalue weighted by Gasteiger charge is -2.27. The lowest BCUT2D eigenvalue weighted by molar-refractivity contribution is 0.0730. The molecule has 2 heterocycles. The maximum absolute atomic E-state index is 13.1. The highest BCUT2D eigenvalue weighted by Gasteiger charge is 2.29. The van der Waals surface area contributed by atoms with E-state index in [1.54, 1.807) is 18.2 Å². The Labute approximate surface area is 169 Å². The highest BCUT2D eigenvalue weighted by atomic mass is 32.2. The molecule has 2 aromatic rings. The van der Waals surface area contributed by atoms with Gasteiger partial charge in [0.15, 0.2) is 0 Å². The zero-order chi connectivity index (χ0) is 20.9. The molecule has 0 aliphatic carbocycles. The molecule has 1 aliphatic heterocycles. The van der Waals surface area contributed by atoms with Crippen LogP contribution in [0.3, 0.4) is 0 Å². The Morgan fingerprint density at radius 2 is 1.83 bits per heavy atom. The lowest BCUT2D eigenvalue weighted by atomic mass is 10.1. The predicted molar refractivity (Wildman–Crippen MR) is 105 cm³/mol. The average Bonchev–Trinajstić information content (AvgIpc) is 2.77. The van der Waals surface area contributed by atoms with Crippen molar-refractivity contribution in [2.45, 2.75) is 18.2 Å². The normalized spacial score (nSPS) is 14.9. The summed E-state index contributed by atoms with van der Waals surface area (Å²) in [6.07, 6.45) is 1.96. The van der Waals surface area contributed by atoms with Gasteiger partial charge in [0, 0.05) is 24.8 Å². The van der Waals surface area contributed by atoms with Crippen molar-refractivity contribution < 1.29 is 22.7 Å². The molecule has 2 N–H and O–H groups in total. The van der Waals surface area contributed by atoms with Crippen LogP contribution in [0.15, 0.2) is 47.5 Å². The van der Waals surface area contributed by atoms with Gasteiger partial charge < -0.3 is 4.74 Å². The standard InChI is InChI=1S/C19H22N4O5S/c1-2-14-6-7-15(13-17(14)29(26,27)23-9-11-28-12-10-23)18(24)21-22-19(25)16-5-3-4-8-20-16/h3-8,13H,2,9-12H2,1H3,(H,21,24)(H,22,25). The number of sulfonamides is 1. The molecule has 0 atom stereocenters. The van der Waals surface area contributed by atoms with Crippen molar-refractivity contribution in [3.63, 3.8) is 0 Å². The molecule has 29 heavy (non-hydrogen) atoms. The third-order valence-electron chi connectivity index (χ3n) is 4.49. The maximum atomic E-state index is 13.1. The third-order valence-corrected chi connectivity index (χ3v) is 6.47. The van der Waals surface area contributed by atoms with Gasteiger partial charge in [-0.15, -0.1) is 0 Å². The number of hydrazine groups is 1. The van der Waals surface area contributed by atoms with Crippen molar-refractivity contribution in [2.75, 3.05) is 26.3 Å². The SMILES string of the molecule is CCc1ccc(C(=O)NNC(=O)c2ccccn2)cc1S(=O)(=O)N1CCOCC1. The molecule has 10 heteroatoms. The quantitative estimate of drug-likeness (QED) is 0.692. The van der Waals surface area contributed by atoms with Crippen molar-refractivity contribution in [3.05, 3.63) is 59.4 Å². The number of aromatic nitrogens is 1. The van der Waals surface area contributed by atoms with Gasteiger partial charge >= 0.3 is 0 Å². The van der Waals surface area contributed by atoms with Gasteiger partial charge in [0.1, 0.15) is 5.69 Å². The van der Waals surface area contributed by atoms with E-state index < -0.39 is 21.8 Å². The van der Waals surface area contributed by atoms with Gasteiger partial charge in [0.05, 0.1) is 18.1 Å². The van der Waals surface area contributed by atoms with Crippen LogP contribution >= 0.6 is 0 Å². The molecule has 0 radical (unpaired) electrons. The zero-order valence-corrected chi connectivity index (χ0v) is 16.7. The summed E-state index contributed by atoms with van der Waals surface area (Å²) in [5.41, 5.74) is 5.44. The predicted octanol–water partition coefficient (Wildman–Crippen LogP) is 0.740. The molecule has 2 amide bonds. The highest BCUT2D eigenvalue weighted by molar-refractivity contribution is 7.89. The van der Waals surface area contributed by atoms with Crippen LogP contribution in [0.5, 0.6) is 0 Å². The number of morpholine rings is 1. The van der Waals surface area contributed by atoms with E-state index in [0.29, 0.717) is 25.2 Å². The summed E-state index contributed by atoms with van der Waals surface area (Å²) in [6.45, 7) is 3.05. The number of amides is 2. The molecule has 3 rings (SSSR count). The van der Waals surface area contributed by atoms with Crippen LogP contribution in [0.2, 0.25) is 0 Å². The van der Waals surface area contributed by atoms with Crippen LogP contribution in [0, 0.1) is 0 Å². The summed E-state index contributed by atoms with van der Waals surface area (Å²) >= 11 is 0. The summed E-state index contributed by atoms with van der Waals surface area (Å²) < 4.78 is 32.7. The minimum atomic E-state index is -3.76. The first-order valence-electron chi connectivity index (χ1n) is 9.16. The van der Waals surface area contributed by atoms with E-state index in [1.807, 2.05) is 6.92 Å². The molecule has 0 bridgehead atoms. The molecular formula is C19H22N4O5S. The number of benzene rings is 1. The van der Waals surface area contributed by atoms with Gasteiger partial charge in [-0.25, -0.2) is 8.42 Å². The molecule has 9 nitrogen and oxygen atoms in total. The van der Waals surface area contributed by atoms with E-state index in [4.69, 9.17) is 4.74 Å². The first-order valence-corrected chi connectivity index (χ1v) is 10.6. The fourth-order valence-electron chi connectivity index (χ4n) is 2.90. The summed E-state index contributed by atoms with van der Waals surface area (Å²) in [4.78, 5) is 28.5. The number of ether oxygens (including phenoxy) is 1. The molecule has 0 spiro atoms. The molecule has 1 fully saturated rings. The van der Waals surface area contributed by atoms with Crippen LogP contribution in [-0.2, 0) is 21.2 Å². The Morgan fingerprint density at radius 3 is 2.48 bits per heavy atom. The number of aryl methyl sites for hydroxylation is 1. The van der Waals surface area contributed by atoms with Gasteiger partial charge in [-0.2, -0.15) is 4.31 Å². The van der Waals surface area contributed by atoms with Gasteiger partial charge in [0.25, 0.3) is 11.8 Å².